The molecule has 1 amide bonds. The van der Waals surface area contributed by atoms with Crippen LogP contribution in [-0.4, -0.2) is 23.4 Å². The van der Waals surface area contributed by atoms with E-state index in [0.717, 1.165) is 22.3 Å². The highest BCUT2D eigenvalue weighted by atomic mass is 16.5. The molecule has 0 bridgehead atoms. The third-order valence-corrected chi connectivity index (χ3v) is 6.42. The first-order valence-electron chi connectivity index (χ1n) is 11.9. The maximum Gasteiger partial charge on any atom is 0.300 e. The molecular formula is C30H31NO4. The van der Waals surface area contributed by atoms with Gasteiger partial charge in [0.2, 0.25) is 0 Å². The van der Waals surface area contributed by atoms with Crippen molar-refractivity contribution in [2.45, 2.75) is 46.6 Å². The number of aryl methyl sites for hydroxylation is 2. The van der Waals surface area contributed by atoms with Crippen LogP contribution in [0.5, 0.6) is 5.75 Å². The highest BCUT2D eigenvalue weighted by Crippen LogP contribution is 2.43. The van der Waals surface area contributed by atoms with Gasteiger partial charge in [-0.15, -0.1) is 0 Å². The summed E-state index contributed by atoms with van der Waals surface area (Å²) in [6, 6.07) is 19.9. The number of amides is 1. The van der Waals surface area contributed by atoms with Gasteiger partial charge in [0.05, 0.1) is 18.2 Å². The molecule has 3 aromatic rings. The third kappa shape index (κ3) is 4.59. The van der Waals surface area contributed by atoms with Gasteiger partial charge in [-0.05, 0) is 61.6 Å². The predicted molar refractivity (Wildman–Crippen MR) is 139 cm³/mol. The Bertz CT molecular complexity index is 1300. The first-order chi connectivity index (χ1) is 16.7. The normalized spacial score (nSPS) is 17.3. The zero-order valence-corrected chi connectivity index (χ0v) is 20.8. The number of nitrogens with zero attached hydrogens (tertiary/aromatic N) is 1. The molecule has 1 unspecified atom stereocenters. The molecular weight excluding hydrogens is 438 g/mol. The molecule has 1 aliphatic rings. The standard InChI is InChI=1S/C30H31NO4/c1-6-35-24-9-7-8-23(17-24)31-27(22-14-12-21(13-15-22)18(2)3)26(29(33)30(31)34)28(32)25-16-19(4)10-11-20(25)5/h7-18,27,32H,6H2,1-5H3/b28-26+. The van der Waals surface area contributed by atoms with Gasteiger partial charge in [0.15, 0.2) is 0 Å². The van der Waals surface area contributed by atoms with Crippen LogP contribution < -0.4 is 9.64 Å². The monoisotopic (exact) mass is 469 g/mol. The van der Waals surface area contributed by atoms with Crippen LogP contribution in [0.3, 0.4) is 0 Å². The van der Waals surface area contributed by atoms with Crippen LogP contribution in [0, 0.1) is 13.8 Å². The lowest BCUT2D eigenvalue weighted by molar-refractivity contribution is -0.132. The first kappa shape index (κ1) is 24.3. The summed E-state index contributed by atoms with van der Waals surface area (Å²) in [5, 5.41) is 11.4. The molecule has 1 fully saturated rings. The van der Waals surface area contributed by atoms with E-state index in [1.807, 2.05) is 69.3 Å². The van der Waals surface area contributed by atoms with Crippen LogP contribution in [0.4, 0.5) is 5.69 Å². The molecule has 1 N–H and O–H groups in total. The quantitative estimate of drug-likeness (QED) is 0.256. The minimum atomic E-state index is -0.770. The van der Waals surface area contributed by atoms with Gasteiger partial charge < -0.3 is 9.84 Å². The van der Waals surface area contributed by atoms with Crippen molar-refractivity contribution in [1.82, 2.24) is 0 Å². The minimum absolute atomic E-state index is 0.0859. The lowest BCUT2D eigenvalue weighted by Crippen LogP contribution is -2.29. The van der Waals surface area contributed by atoms with E-state index in [-0.39, 0.29) is 11.3 Å². The smallest absolute Gasteiger partial charge is 0.300 e. The van der Waals surface area contributed by atoms with E-state index in [9.17, 15) is 14.7 Å². The van der Waals surface area contributed by atoms with Crippen molar-refractivity contribution in [3.63, 3.8) is 0 Å². The Morgan fingerprint density at radius 2 is 1.71 bits per heavy atom. The second kappa shape index (κ2) is 9.79. The lowest BCUT2D eigenvalue weighted by Gasteiger charge is -2.26. The number of ether oxygens (including phenoxy) is 1. The summed E-state index contributed by atoms with van der Waals surface area (Å²) < 4.78 is 5.64. The number of carbonyl (C=O) groups excluding carboxylic acids is 2. The van der Waals surface area contributed by atoms with E-state index in [1.165, 1.54) is 4.90 Å². The Labute approximate surface area is 206 Å². The number of benzene rings is 3. The molecule has 0 spiro atoms. The van der Waals surface area contributed by atoms with E-state index in [2.05, 4.69) is 13.8 Å². The summed E-state index contributed by atoms with van der Waals surface area (Å²) in [5.41, 5.74) is 4.86. The molecule has 5 heteroatoms. The van der Waals surface area contributed by atoms with Crippen LogP contribution in [0.2, 0.25) is 0 Å². The molecule has 1 saturated heterocycles. The highest BCUT2D eigenvalue weighted by Gasteiger charge is 2.47. The zero-order valence-electron chi connectivity index (χ0n) is 20.8. The van der Waals surface area contributed by atoms with E-state index < -0.39 is 17.7 Å². The summed E-state index contributed by atoms with van der Waals surface area (Å²) in [4.78, 5) is 28.3. The molecule has 4 rings (SSSR count). The Balaban J connectivity index is 1.94. The minimum Gasteiger partial charge on any atom is -0.507 e. The van der Waals surface area contributed by atoms with E-state index in [1.54, 1.807) is 18.2 Å². The number of Topliss-reactive ketones (excluding diaryl/α,β-unsaturated/α-hetero) is 1. The fourth-order valence-electron chi connectivity index (χ4n) is 4.50. The van der Waals surface area contributed by atoms with Crippen molar-refractivity contribution in [2.24, 2.45) is 0 Å². The molecule has 180 valence electrons. The molecule has 0 radical (unpaired) electrons. The highest BCUT2D eigenvalue weighted by molar-refractivity contribution is 6.51. The van der Waals surface area contributed by atoms with Gasteiger partial charge >= 0.3 is 0 Å². The largest absolute Gasteiger partial charge is 0.507 e. The van der Waals surface area contributed by atoms with E-state index in [4.69, 9.17) is 4.74 Å². The maximum atomic E-state index is 13.4. The van der Waals surface area contributed by atoms with Gasteiger partial charge in [-0.1, -0.05) is 61.9 Å². The van der Waals surface area contributed by atoms with Crippen molar-refractivity contribution in [3.8, 4) is 5.75 Å². The van der Waals surface area contributed by atoms with Crippen LogP contribution in [0.25, 0.3) is 5.76 Å². The number of aliphatic hydroxyl groups is 1. The van der Waals surface area contributed by atoms with Gasteiger partial charge in [0.1, 0.15) is 11.5 Å². The fourth-order valence-corrected chi connectivity index (χ4v) is 4.50. The summed E-state index contributed by atoms with van der Waals surface area (Å²) in [6.07, 6.45) is 0. The van der Waals surface area contributed by atoms with Crippen molar-refractivity contribution in [2.75, 3.05) is 11.5 Å². The van der Waals surface area contributed by atoms with Crippen molar-refractivity contribution in [3.05, 3.63) is 100 Å². The van der Waals surface area contributed by atoms with Gasteiger partial charge in [-0.25, -0.2) is 0 Å². The molecule has 1 aliphatic heterocycles. The Hall–Kier alpha value is -3.86. The molecule has 35 heavy (non-hydrogen) atoms. The molecule has 0 aromatic heterocycles. The second-order valence-corrected chi connectivity index (χ2v) is 9.24. The Kier molecular flexibility index (Phi) is 6.79. The number of carbonyl (C=O) groups is 2. The van der Waals surface area contributed by atoms with Crippen LogP contribution in [0.15, 0.2) is 72.3 Å². The SMILES string of the molecule is CCOc1cccc(N2C(=O)C(=O)/C(=C(/O)c3cc(C)ccc3C)C2c2ccc(C(C)C)cc2)c1. The molecule has 0 saturated carbocycles. The third-order valence-electron chi connectivity index (χ3n) is 6.42. The van der Waals surface area contributed by atoms with Crippen LogP contribution >= 0.6 is 0 Å². The van der Waals surface area contributed by atoms with Crippen LogP contribution in [0.1, 0.15) is 60.5 Å². The number of hydrogen-bond donors (Lipinski definition) is 1. The first-order valence-corrected chi connectivity index (χ1v) is 11.9. The molecule has 1 atom stereocenters. The predicted octanol–water partition coefficient (Wildman–Crippen LogP) is 6.45. The molecule has 0 aliphatic carbocycles. The van der Waals surface area contributed by atoms with Gasteiger partial charge in [0, 0.05) is 17.3 Å². The zero-order chi connectivity index (χ0) is 25.3. The number of aliphatic hydroxyl groups excluding tert-OH is 1. The topological polar surface area (TPSA) is 66.8 Å². The van der Waals surface area contributed by atoms with Crippen molar-refractivity contribution in [1.29, 1.82) is 0 Å². The Morgan fingerprint density at radius 1 is 1.00 bits per heavy atom. The summed E-state index contributed by atoms with van der Waals surface area (Å²) in [7, 11) is 0. The molecule has 5 nitrogen and oxygen atoms in total. The van der Waals surface area contributed by atoms with Crippen LogP contribution in [-0.2, 0) is 9.59 Å². The Morgan fingerprint density at radius 3 is 2.37 bits per heavy atom. The average Bonchev–Trinajstić information content (AvgIpc) is 3.11. The lowest BCUT2D eigenvalue weighted by atomic mass is 9.92. The maximum absolute atomic E-state index is 13.4. The van der Waals surface area contributed by atoms with Crippen molar-refractivity contribution >= 4 is 23.1 Å². The van der Waals surface area contributed by atoms with E-state index >= 15 is 0 Å². The summed E-state index contributed by atoms with van der Waals surface area (Å²) in [6.45, 7) is 10.4. The van der Waals surface area contributed by atoms with E-state index in [0.29, 0.717) is 29.5 Å². The fraction of sp³-hybridized carbons (Fsp3) is 0.267. The average molecular weight is 470 g/mol. The number of ketones is 1. The number of anilines is 1. The second-order valence-electron chi connectivity index (χ2n) is 9.24. The summed E-state index contributed by atoms with van der Waals surface area (Å²) >= 11 is 0. The van der Waals surface area contributed by atoms with Gasteiger partial charge in [0.25, 0.3) is 11.7 Å². The van der Waals surface area contributed by atoms with Gasteiger partial charge in [-0.2, -0.15) is 0 Å². The number of hydrogen-bond acceptors (Lipinski definition) is 4. The molecule has 1 heterocycles. The summed E-state index contributed by atoms with van der Waals surface area (Å²) in [5.74, 6) is -0.596. The molecule has 3 aromatic carbocycles. The van der Waals surface area contributed by atoms with Crippen molar-refractivity contribution < 1.29 is 19.4 Å². The number of rotatable bonds is 6. The van der Waals surface area contributed by atoms with Gasteiger partial charge in [-0.3, -0.25) is 14.5 Å².